The van der Waals surface area contributed by atoms with Crippen LogP contribution in [0, 0.1) is 11.3 Å². The van der Waals surface area contributed by atoms with Crippen molar-refractivity contribution in [3.05, 3.63) is 53.3 Å². The number of piperazine rings is 1. The van der Waals surface area contributed by atoms with Gasteiger partial charge >= 0.3 is 6.18 Å². The predicted molar refractivity (Wildman–Crippen MR) is 216 cm³/mol. The van der Waals surface area contributed by atoms with E-state index in [4.69, 9.17) is 17.4 Å². The fourth-order valence-corrected chi connectivity index (χ4v) is 9.56. The number of carbonyl (C=O) groups excluding carboxylic acids is 4. The van der Waals surface area contributed by atoms with Gasteiger partial charge in [0.1, 0.15) is 5.50 Å². The van der Waals surface area contributed by atoms with Gasteiger partial charge in [0.25, 0.3) is 0 Å². The Morgan fingerprint density at radius 1 is 1.07 bits per heavy atom. The first-order valence-electron chi connectivity index (χ1n) is 19.6. The number of nitriles is 1. The van der Waals surface area contributed by atoms with Crippen molar-refractivity contribution in [2.45, 2.75) is 120 Å². The van der Waals surface area contributed by atoms with Crippen molar-refractivity contribution >= 4 is 60.0 Å². The van der Waals surface area contributed by atoms with E-state index in [1.165, 1.54) is 17.2 Å². The molecular weight excluding hydrogens is 797 g/mol. The largest absolute Gasteiger partial charge is 0.417 e. The summed E-state index contributed by atoms with van der Waals surface area (Å²) in [5.41, 5.74) is -2.18. The Balaban J connectivity index is 0.00000641. The minimum absolute atomic E-state index is 0. The van der Waals surface area contributed by atoms with E-state index < -0.39 is 34.3 Å². The molecule has 1 aromatic carbocycles. The molecule has 0 spiro atoms. The van der Waals surface area contributed by atoms with Crippen LogP contribution < -0.4 is 15.5 Å². The Kier molecular flexibility index (Phi) is 14.6. The van der Waals surface area contributed by atoms with Crippen molar-refractivity contribution < 1.29 is 37.1 Å². The number of halogens is 4. The molecular formula is C40H52ClF3N8O5S. The first kappa shape index (κ1) is 45.3. The molecule has 3 aliphatic heterocycles. The highest BCUT2D eigenvalue weighted by molar-refractivity contribution is 7.81. The molecule has 4 amide bonds. The van der Waals surface area contributed by atoms with Crippen LogP contribution in [0.5, 0.6) is 0 Å². The Morgan fingerprint density at radius 3 is 2.36 bits per heavy atom. The zero-order valence-electron chi connectivity index (χ0n) is 33.1. The number of nitrogens with one attached hydrogen (secondary N) is 2. The fourth-order valence-electron chi connectivity index (χ4n) is 8.85. The predicted octanol–water partition coefficient (Wildman–Crippen LogP) is 5.31. The van der Waals surface area contributed by atoms with Gasteiger partial charge in [0.15, 0.2) is 0 Å². The van der Waals surface area contributed by atoms with Gasteiger partial charge in [-0.1, -0.05) is 0 Å². The lowest BCUT2D eigenvalue weighted by Crippen LogP contribution is -2.58. The van der Waals surface area contributed by atoms with Crippen LogP contribution in [0.2, 0.25) is 0 Å². The molecule has 4 heterocycles. The number of ether oxygens (including phenoxy) is 1. The lowest BCUT2D eigenvalue weighted by atomic mass is 9.89. The molecule has 58 heavy (non-hydrogen) atoms. The third-order valence-corrected chi connectivity index (χ3v) is 12.2. The van der Waals surface area contributed by atoms with Crippen LogP contribution in [-0.4, -0.2) is 111 Å². The van der Waals surface area contributed by atoms with Crippen molar-refractivity contribution in [3.63, 3.8) is 0 Å². The smallest absolute Gasteiger partial charge is 0.378 e. The molecule has 2 unspecified atom stereocenters. The summed E-state index contributed by atoms with van der Waals surface area (Å²) < 4.78 is 47.5. The van der Waals surface area contributed by atoms with E-state index in [1.54, 1.807) is 32.0 Å². The molecule has 1 aromatic heterocycles. The third-order valence-electron chi connectivity index (χ3n) is 11.8. The fraction of sp³-hybridized carbons (Fsp3) is 0.600. The molecule has 2 N–H and O–H groups in total. The van der Waals surface area contributed by atoms with Crippen LogP contribution in [0.4, 0.5) is 24.5 Å². The van der Waals surface area contributed by atoms with Crippen molar-refractivity contribution in [2.75, 3.05) is 43.0 Å². The minimum Gasteiger partial charge on any atom is -0.378 e. The highest BCUT2D eigenvalue weighted by atomic mass is 35.5. The van der Waals surface area contributed by atoms with Gasteiger partial charge in [-0.3, -0.25) is 44.2 Å². The van der Waals surface area contributed by atoms with E-state index >= 15 is 0 Å². The lowest BCUT2D eigenvalue weighted by molar-refractivity contribution is -0.138. The number of alkyl halides is 3. The monoisotopic (exact) mass is 848 g/mol. The Bertz CT molecular complexity index is 1860. The summed E-state index contributed by atoms with van der Waals surface area (Å²) in [7, 11) is 0. The van der Waals surface area contributed by atoms with E-state index in [0.717, 1.165) is 63.9 Å². The molecule has 0 bridgehead atoms. The highest BCUT2D eigenvalue weighted by Crippen LogP contribution is 2.43. The normalized spacial score (nSPS) is 27.2. The number of nitrogens with zero attached hydrogens (tertiary/aromatic N) is 6. The van der Waals surface area contributed by atoms with E-state index in [0.29, 0.717) is 24.4 Å². The minimum atomic E-state index is -4.74. The second-order valence-corrected chi connectivity index (χ2v) is 16.6. The zero-order chi connectivity index (χ0) is 41.2. The third kappa shape index (κ3) is 9.97. The van der Waals surface area contributed by atoms with Gasteiger partial charge in [-0.25, -0.2) is 0 Å². The van der Waals surface area contributed by atoms with Crippen molar-refractivity contribution in [3.8, 4) is 6.07 Å². The summed E-state index contributed by atoms with van der Waals surface area (Å²) >= 11 is 4.76. The molecule has 4 atom stereocenters. The first-order chi connectivity index (χ1) is 27.0. The number of piperidine rings is 1. The van der Waals surface area contributed by atoms with Crippen LogP contribution in [0.25, 0.3) is 0 Å². The van der Waals surface area contributed by atoms with Crippen LogP contribution in [-0.2, 0) is 30.1 Å². The van der Waals surface area contributed by atoms with Crippen LogP contribution in [0.15, 0.2) is 36.5 Å². The SMILES string of the molecule is C[C@@H]1CN(CCCOC2CCC(N3C(S)N(c4ccc(C#N)c(C(F)(F)F)c4)C(=O)C3(C)C)CC2)C[C@H](C)N1CC(=O)Nc1ccc(C2CCC(=O)NC2=O)nc1.Cl. The topological polar surface area (TPSA) is 151 Å². The van der Waals surface area contributed by atoms with Gasteiger partial charge in [0.2, 0.25) is 23.6 Å². The molecule has 4 fully saturated rings. The first-order valence-corrected chi connectivity index (χ1v) is 20.1. The second kappa shape index (κ2) is 18.6. The molecule has 18 heteroatoms. The summed E-state index contributed by atoms with van der Waals surface area (Å²) in [5.74, 6) is -1.60. The van der Waals surface area contributed by atoms with Crippen LogP contribution >= 0.6 is 25.0 Å². The summed E-state index contributed by atoms with van der Waals surface area (Å²) in [5, 5.41) is 14.5. The molecule has 1 aliphatic carbocycles. The Hall–Kier alpha value is -3.79. The van der Waals surface area contributed by atoms with Gasteiger partial charge in [0, 0.05) is 56.5 Å². The van der Waals surface area contributed by atoms with Crippen molar-refractivity contribution in [1.82, 2.24) is 25.0 Å². The van der Waals surface area contributed by atoms with Gasteiger partial charge in [-0.05, 0) is 96.6 Å². The molecule has 13 nitrogen and oxygen atoms in total. The quantitative estimate of drug-likeness (QED) is 0.154. The van der Waals surface area contributed by atoms with E-state index in [1.807, 2.05) is 4.90 Å². The second-order valence-electron chi connectivity index (χ2n) is 16.1. The average molecular weight is 849 g/mol. The summed E-state index contributed by atoms with van der Waals surface area (Å²) in [4.78, 5) is 62.5. The Labute approximate surface area is 348 Å². The van der Waals surface area contributed by atoms with Crippen LogP contribution in [0.1, 0.15) is 95.4 Å². The van der Waals surface area contributed by atoms with Crippen molar-refractivity contribution in [1.29, 1.82) is 5.26 Å². The van der Waals surface area contributed by atoms with E-state index in [9.17, 15) is 37.6 Å². The molecule has 3 saturated heterocycles. The van der Waals surface area contributed by atoms with Gasteiger partial charge < -0.3 is 15.0 Å². The Morgan fingerprint density at radius 2 is 1.76 bits per heavy atom. The summed E-state index contributed by atoms with van der Waals surface area (Å²) in [6, 6.07) is 8.65. The van der Waals surface area contributed by atoms with E-state index in [-0.39, 0.29) is 78.9 Å². The van der Waals surface area contributed by atoms with Gasteiger partial charge in [0.05, 0.1) is 58.9 Å². The number of pyridine rings is 1. The van der Waals surface area contributed by atoms with E-state index in [2.05, 4.69) is 39.3 Å². The molecule has 1 saturated carbocycles. The number of rotatable bonds is 11. The molecule has 0 radical (unpaired) electrons. The maximum Gasteiger partial charge on any atom is 0.417 e. The number of thiol groups is 1. The average Bonchev–Trinajstić information content (AvgIpc) is 3.33. The number of aromatic nitrogens is 1. The number of hydrogen-bond donors (Lipinski definition) is 3. The summed E-state index contributed by atoms with van der Waals surface area (Å²) in [6.45, 7) is 11.1. The number of imide groups is 1. The maximum atomic E-state index is 13.7. The van der Waals surface area contributed by atoms with Gasteiger partial charge in [-0.15, -0.1) is 25.0 Å². The standard InChI is InChI=1S/C40H51F3N8O5S.ClH/c1-24-21-48(22-25(2)49(24)23-35(53)46-27-7-14-33(45-20-27)31-13-15-34(52)47-36(31)54)16-5-17-56-30-11-9-28(10-12-30)51-38(57)50(37(55)39(51,3)4)29-8-6-26(19-44)32(18-29)40(41,42)43;/h6-8,14,18,20,24-25,28,30-31,38,57H,5,9-13,15-17,21-23H2,1-4H3,(H,46,53)(H,47,52,54);1H/t24-,25+,28?,30?,31?,38?;. The highest BCUT2D eigenvalue weighted by Gasteiger charge is 2.54. The number of carbonyl (C=O) groups is 4. The number of hydrogen-bond acceptors (Lipinski definition) is 11. The summed E-state index contributed by atoms with van der Waals surface area (Å²) in [6.07, 6.45) is 1.48. The number of benzene rings is 1. The molecule has 316 valence electrons. The number of anilines is 2. The molecule has 2 aromatic rings. The number of amides is 4. The maximum absolute atomic E-state index is 13.7. The van der Waals surface area contributed by atoms with Crippen molar-refractivity contribution in [2.24, 2.45) is 0 Å². The molecule has 4 aliphatic rings. The van der Waals surface area contributed by atoms with Gasteiger partial charge in [-0.2, -0.15) is 18.4 Å². The molecule has 6 rings (SSSR count). The zero-order valence-corrected chi connectivity index (χ0v) is 34.8. The van der Waals surface area contributed by atoms with Crippen LogP contribution in [0.3, 0.4) is 0 Å². The lowest BCUT2D eigenvalue weighted by Gasteiger charge is -2.44.